The summed E-state index contributed by atoms with van der Waals surface area (Å²) in [6, 6.07) is 0. The van der Waals surface area contributed by atoms with Gasteiger partial charge in [-0.2, -0.15) is 0 Å². The molecule has 0 aromatic heterocycles. The van der Waals surface area contributed by atoms with E-state index in [9.17, 15) is 9.59 Å². The number of ether oxygens (including phenoxy) is 1. The van der Waals surface area contributed by atoms with Gasteiger partial charge >= 0.3 is 5.97 Å². The van der Waals surface area contributed by atoms with E-state index in [0.717, 1.165) is 32.1 Å². The lowest BCUT2D eigenvalue weighted by Gasteiger charge is -2.71. The van der Waals surface area contributed by atoms with Crippen LogP contribution in [0.4, 0.5) is 0 Å². The topological polar surface area (TPSA) is 43.4 Å². The Bertz CT molecular complexity index is 623. The average Bonchev–Trinajstić information content (AvgIpc) is 2.50. The summed E-state index contributed by atoms with van der Waals surface area (Å²) in [5.41, 5.74) is 0.344. The first kappa shape index (κ1) is 17.5. The van der Waals surface area contributed by atoms with Gasteiger partial charge in [-0.15, -0.1) is 0 Å². The number of rotatable bonds is 1. The zero-order valence-corrected chi connectivity index (χ0v) is 16.6. The van der Waals surface area contributed by atoms with Crippen LogP contribution in [0.25, 0.3) is 0 Å². The standard InChI is InChI=1S/C22H34O3/c1-14(23)25-18-8-9-21(5)16(19(18,2)3)7-6-15-12-20(4)10-11-22(15,21)13-17(20)24/h15-16,18H,6-13H2,1-5H3/t15?,16?,18-,20-,21-,22+/m0/s1. The van der Waals surface area contributed by atoms with Crippen molar-refractivity contribution in [2.24, 2.45) is 33.5 Å². The maximum Gasteiger partial charge on any atom is 0.302 e. The second-order valence-corrected chi connectivity index (χ2v) is 10.7. The van der Waals surface area contributed by atoms with Crippen LogP contribution in [0, 0.1) is 33.5 Å². The average molecular weight is 347 g/mol. The summed E-state index contributed by atoms with van der Waals surface area (Å²) < 4.78 is 5.74. The van der Waals surface area contributed by atoms with Crippen molar-refractivity contribution in [3.05, 3.63) is 0 Å². The predicted molar refractivity (Wildman–Crippen MR) is 96.9 cm³/mol. The number of Topliss-reactive ketones (excluding diaryl/α,β-unsaturated/α-hetero) is 1. The fourth-order valence-corrected chi connectivity index (χ4v) is 7.95. The Kier molecular flexibility index (Phi) is 3.58. The molecule has 0 saturated heterocycles. The summed E-state index contributed by atoms with van der Waals surface area (Å²) in [7, 11) is 0. The van der Waals surface area contributed by atoms with E-state index in [2.05, 4.69) is 27.7 Å². The van der Waals surface area contributed by atoms with Crippen LogP contribution in [0.1, 0.15) is 86.0 Å². The van der Waals surface area contributed by atoms with E-state index in [4.69, 9.17) is 4.74 Å². The van der Waals surface area contributed by atoms with Crippen LogP contribution in [-0.4, -0.2) is 17.9 Å². The highest BCUT2D eigenvalue weighted by Crippen LogP contribution is 2.74. The largest absolute Gasteiger partial charge is 0.462 e. The number of ketones is 1. The minimum Gasteiger partial charge on any atom is -0.462 e. The molecule has 0 amide bonds. The van der Waals surface area contributed by atoms with Gasteiger partial charge in [0.15, 0.2) is 0 Å². The predicted octanol–water partition coefficient (Wildman–Crippen LogP) is 4.92. The van der Waals surface area contributed by atoms with E-state index in [1.165, 1.54) is 26.2 Å². The van der Waals surface area contributed by atoms with Crippen molar-refractivity contribution in [2.45, 2.75) is 92.1 Å². The molecule has 1 spiro atoms. The monoisotopic (exact) mass is 346 g/mol. The highest BCUT2D eigenvalue weighted by Gasteiger charge is 2.69. The molecule has 2 unspecified atom stereocenters. The third-order valence-electron chi connectivity index (χ3n) is 9.42. The molecule has 5 rings (SSSR count). The first-order valence-electron chi connectivity index (χ1n) is 10.3. The highest BCUT2D eigenvalue weighted by molar-refractivity contribution is 5.87. The Morgan fingerprint density at radius 2 is 1.76 bits per heavy atom. The molecule has 5 fully saturated rings. The van der Waals surface area contributed by atoms with Gasteiger partial charge in [-0.3, -0.25) is 9.59 Å². The fourth-order valence-electron chi connectivity index (χ4n) is 7.95. The molecule has 25 heavy (non-hydrogen) atoms. The van der Waals surface area contributed by atoms with Crippen molar-refractivity contribution in [1.82, 2.24) is 0 Å². The van der Waals surface area contributed by atoms with Crippen molar-refractivity contribution in [3.8, 4) is 0 Å². The van der Waals surface area contributed by atoms with Crippen LogP contribution in [0.2, 0.25) is 0 Å². The van der Waals surface area contributed by atoms with Gasteiger partial charge in [-0.05, 0) is 67.6 Å². The van der Waals surface area contributed by atoms with Gasteiger partial charge < -0.3 is 4.74 Å². The van der Waals surface area contributed by atoms with Gasteiger partial charge in [0, 0.05) is 24.2 Å². The van der Waals surface area contributed by atoms with E-state index in [1.807, 2.05) is 0 Å². The lowest BCUT2D eigenvalue weighted by Crippen LogP contribution is -2.67. The van der Waals surface area contributed by atoms with E-state index in [1.54, 1.807) is 0 Å². The van der Waals surface area contributed by atoms with Gasteiger partial charge in [0.2, 0.25) is 0 Å². The van der Waals surface area contributed by atoms with Crippen LogP contribution in [0.5, 0.6) is 0 Å². The third-order valence-corrected chi connectivity index (χ3v) is 9.42. The lowest BCUT2D eigenvalue weighted by molar-refractivity contribution is -0.235. The van der Waals surface area contributed by atoms with Crippen LogP contribution < -0.4 is 0 Å². The molecule has 3 heteroatoms. The maximum atomic E-state index is 12.9. The summed E-state index contributed by atoms with van der Waals surface area (Å²) in [6.07, 6.45) is 8.75. The zero-order valence-electron chi connectivity index (χ0n) is 16.6. The number of fused-ring (bicyclic) bond motifs is 3. The van der Waals surface area contributed by atoms with Crippen LogP contribution >= 0.6 is 0 Å². The maximum absolute atomic E-state index is 12.9. The van der Waals surface area contributed by atoms with Crippen molar-refractivity contribution in [2.75, 3.05) is 0 Å². The van der Waals surface area contributed by atoms with E-state index in [0.29, 0.717) is 17.6 Å². The number of esters is 1. The van der Waals surface area contributed by atoms with E-state index >= 15 is 0 Å². The summed E-state index contributed by atoms with van der Waals surface area (Å²) in [6.45, 7) is 10.8. The Morgan fingerprint density at radius 1 is 1.04 bits per heavy atom. The first-order chi connectivity index (χ1) is 11.6. The van der Waals surface area contributed by atoms with Gasteiger partial charge in [0.25, 0.3) is 0 Å². The second-order valence-electron chi connectivity index (χ2n) is 10.7. The third kappa shape index (κ3) is 2.10. The SMILES string of the molecule is CC(=O)O[C@H]1CC[C@@]2(C)C(CCC3C[C@]4(C)CC[C@@]32CC4=O)C1(C)C. The number of hydrogen-bond donors (Lipinski definition) is 0. The van der Waals surface area contributed by atoms with Crippen LogP contribution in [0.3, 0.4) is 0 Å². The van der Waals surface area contributed by atoms with Gasteiger partial charge in [-0.1, -0.05) is 27.7 Å². The molecule has 5 aliphatic rings. The molecule has 3 nitrogen and oxygen atoms in total. The molecule has 140 valence electrons. The molecule has 5 saturated carbocycles. The fraction of sp³-hybridized carbons (Fsp3) is 0.909. The van der Waals surface area contributed by atoms with Gasteiger partial charge in [-0.25, -0.2) is 0 Å². The Labute approximate surface area is 152 Å². The molecule has 2 bridgehead atoms. The van der Waals surface area contributed by atoms with Crippen molar-refractivity contribution < 1.29 is 14.3 Å². The number of carbonyl (C=O) groups excluding carboxylic acids is 2. The van der Waals surface area contributed by atoms with Gasteiger partial charge in [0.05, 0.1) is 0 Å². The molecule has 0 radical (unpaired) electrons. The summed E-state index contributed by atoms with van der Waals surface area (Å²) in [5, 5.41) is 0. The smallest absolute Gasteiger partial charge is 0.302 e. The molecule has 6 atom stereocenters. The minimum atomic E-state index is -0.158. The van der Waals surface area contributed by atoms with Gasteiger partial charge in [0.1, 0.15) is 11.9 Å². The zero-order chi connectivity index (χ0) is 18.3. The van der Waals surface area contributed by atoms with Crippen LogP contribution in [0.15, 0.2) is 0 Å². The Morgan fingerprint density at radius 3 is 2.40 bits per heavy atom. The quantitative estimate of drug-likeness (QED) is 0.633. The molecule has 0 aliphatic heterocycles. The molecule has 5 aliphatic carbocycles. The summed E-state index contributed by atoms with van der Waals surface area (Å²) in [5.74, 6) is 1.61. The van der Waals surface area contributed by atoms with Crippen molar-refractivity contribution in [3.63, 3.8) is 0 Å². The highest BCUT2D eigenvalue weighted by atomic mass is 16.5. The number of carbonyl (C=O) groups is 2. The Balaban J connectivity index is 1.72. The number of hydrogen-bond acceptors (Lipinski definition) is 3. The molecule has 0 N–H and O–H groups in total. The molecular weight excluding hydrogens is 312 g/mol. The van der Waals surface area contributed by atoms with E-state index in [-0.39, 0.29) is 33.7 Å². The molecular formula is C22H34O3. The van der Waals surface area contributed by atoms with Crippen molar-refractivity contribution in [1.29, 1.82) is 0 Å². The molecule has 0 aromatic carbocycles. The Hall–Kier alpha value is -0.860. The second kappa shape index (κ2) is 5.10. The normalized spacial score (nSPS) is 50.8. The summed E-state index contributed by atoms with van der Waals surface area (Å²) >= 11 is 0. The lowest BCUT2D eigenvalue weighted by atomic mass is 9.33. The first-order valence-corrected chi connectivity index (χ1v) is 10.3. The van der Waals surface area contributed by atoms with E-state index < -0.39 is 0 Å². The van der Waals surface area contributed by atoms with Crippen LogP contribution in [-0.2, 0) is 14.3 Å². The molecule has 0 aromatic rings. The van der Waals surface area contributed by atoms with Crippen molar-refractivity contribution >= 4 is 11.8 Å². The summed E-state index contributed by atoms with van der Waals surface area (Å²) in [4.78, 5) is 24.6. The molecule has 0 heterocycles. The minimum absolute atomic E-state index is 0.0143.